The Morgan fingerprint density at radius 1 is 1.29 bits per heavy atom. The Morgan fingerprint density at radius 2 is 2.05 bits per heavy atom. The van der Waals surface area contributed by atoms with E-state index >= 15 is 0 Å². The number of amides is 1. The van der Waals surface area contributed by atoms with Crippen LogP contribution in [0.25, 0.3) is 0 Å². The molecule has 0 bridgehead atoms. The number of carbonyl (C=O) groups is 2. The molecule has 0 atom stereocenters. The van der Waals surface area contributed by atoms with Crippen molar-refractivity contribution in [3.05, 3.63) is 53.6 Å². The number of carboxylic acid groups (broad SMARTS) is 1. The molecular weight excluding hydrogens is 275 g/mol. The quantitative estimate of drug-likeness (QED) is 0.908. The molecule has 2 N–H and O–H groups in total. The van der Waals surface area contributed by atoms with Crippen molar-refractivity contribution < 1.29 is 19.1 Å². The van der Waals surface area contributed by atoms with Crippen molar-refractivity contribution in [2.45, 2.75) is 18.9 Å². The van der Waals surface area contributed by atoms with Crippen molar-refractivity contribution in [2.75, 3.05) is 5.32 Å². The molecule has 108 valence electrons. The highest BCUT2D eigenvalue weighted by atomic mass is 19.1. The van der Waals surface area contributed by atoms with Crippen LogP contribution >= 0.6 is 0 Å². The number of benzene rings is 1. The van der Waals surface area contributed by atoms with E-state index in [-0.39, 0.29) is 11.3 Å². The molecule has 1 aromatic carbocycles. The van der Waals surface area contributed by atoms with E-state index < -0.39 is 17.7 Å². The second-order valence-electron chi connectivity index (χ2n) is 4.99. The molecule has 21 heavy (non-hydrogen) atoms. The average molecular weight is 288 g/mol. The van der Waals surface area contributed by atoms with Crippen LogP contribution in [-0.4, -0.2) is 21.6 Å². The van der Waals surface area contributed by atoms with Gasteiger partial charge in [-0.15, -0.1) is 0 Å². The van der Waals surface area contributed by atoms with Crippen LogP contribution in [0.5, 0.6) is 0 Å². The van der Waals surface area contributed by atoms with E-state index in [0.717, 1.165) is 18.9 Å². The third kappa shape index (κ3) is 2.65. The minimum atomic E-state index is -1.21. The third-order valence-electron chi connectivity index (χ3n) is 3.42. The number of hydrogen-bond donors (Lipinski definition) is 2. The second-order valence-corrected chi connectivity index (χ2v) is 4.99. The third-order valence-corrected chi connectivity index (χ3v) is 3.42. The van der Waals surface area contributed by atoms with E-state index in [1.165, 1.54) is 12.1 Å². The largest absolute Gasteiger partial charge is 0.478 e. The number of aromatic nitrogens is 1. The van der Waals surface area contributed by atoms with Crippen LogP contribution in [0.3, 0.4) is 0 Å². The van der Waals surface area contributed by atoms with Crippen molar-refractivity contribution in [2.24, 2.45) is 0 Å². The fourth-order valence-electron chi connectivity index (χ4n) is 2.19. The molecule has 1 aromatic heterocycles. The molecule has 1 aliphatic rings. The normalized spacial score (nSPS) is 14.0. The van der Waals surface area contributed by atoms with Crippen molar-refractivity contribution in [3.8, 4) is 0 Å². The maximum Gasteiger partial charge on any atom is 0.335 e. The van der Waals surface area contributed by atoms with Gasteiger partial charge in [-0.05, 0) is 43.2 Å². The molecule has 2 aromatic rings. The Bertz CT molecular complexity index is 719. The van der Waals surface area contributed by atoms with Gasteiger partial charge in [-0.1, -0.05) is 0 Å². The van der Waals surface area contributed by atoms with Gasteiger partial charge in [0, 0.05) is 12.2 Å². The summed E-state index contributed by atoms with van der Waals surface area (Å²) in [5, 5.41) is 11.3. The van der Waals surface area contributed by atoms with Gasteiger partial charge in [0.2, 0.25) is 0 Å². The van der Waals surface area contributed by atoms with Gasteiger partial charge in [-0.2, -0.15) is 0 Å². The van der Waals surface area contributed by atoms with Crippen LogP contribution in [-0.2, 0) is 0 Å². The fourth-order valence-corrected chi connectivity index (χ4v) is 2.19. The van der Waals surface area contributed by atoms with E-state index in [2.05, 4.69) is 5.32 Å². The zero-order valence-corrected chi connectivity index (χ0v) is 11.0. The van der Waals surface area contributed by atoms with Gasteiger partial charge in [0.25, 0.3) is 5.91 Å². The number of aromatic carboxylic acids is 1. The van der Waals surface area contributed by atoms with Crippen molar-refractivity contribution in [1.29, 1.82) is 0 Å². The van der Waals surface area contributed by atoms with E-state index in [0.29, 0.717) is 11.7 Å². The standard InChI is InChI=1S/C15H13FN2O3/c16-11-8-9(15(20)21)3-6-12(11)17-14(19)13-2-1-7-18(13)10-4-5-10/h1-3,6-8,10H,4-5H2,(H,17,19)(H,20,21). The topological polar surface area (TPSA) is 71.3 Å². The molecule has 5 nitrogen and oxygen atoms in total. The first-order chi connectivity index (χ1) is 10.1. The van der Waals surface area contributed by atoms with Crippen molar-refractivity contribution in [1.82, 2.24) is 4.57 Å². The predicted molar refractivity (Wildman–Crippen MR) is 74.0 cm³/mol. The Balaban J connectivity index is 1.81. The van der Waals surface area contributed by atoms with Crippen molar-refractivity contribution >= 4 is 17.6 Å². The molecule has 0 spiro atoms. The molecule has 0 aliphatic heterocycles. The Hall–Kier alpha value is -2.63. The summed E-state index contributed by atoms with van der Waals surface area (Å²) < 4.78 is 15.7. The first kappa shape index (κ1) is 13.4. The summed E-state index contributed by atoms with van der Waals surface area (Å²) in [4.78, 5) is 22.9. The molecule has 0 unspecified atom stereocenters. The SMILES string of the molecule is O=C(O)c1ccc(NC(=O)c2cccn2C2CC2)c(F)c1. The summed E-state index contributed by atoms with van der Waals surface area (Å²) >= 11 is 0. The highest BCUT2D eigenvalue weighted by Gasteiger charge is 2.26. The summed E-state index contributed by atoms with van der Waals surface area (Å²) in [6, 6.07) is 7.19. The zero-order valence-electron chi connectivity index (χ0n) is 11.0. The summed E-state index contributed by atoms with van der Waals surface area (Å²) in [5.41, 5.74) is 0.277. The van der Waals surface area contributed by atoms with E-state index in [4.69, 9.17) is 5.11 Å². The average Bonchev–Trinajstić information content (AvgIpc) is 3.17. The van der Waals surface area contributed by atoms with Crippen LogP contribution in [0.2, 0.25) is 0 Å². The van der Waals surface area contributed by atoms with Gasteiger partial charge >= 0.3 is 5.97 Å². The molecule has 0 radical (unpaired) electrons. The predicted octanol–water partition coefficient (Wildman–Crippen LogP) is 2.91. The lowest BCUT2D eigenvalue weighted by Crippen LogP contribution is -2.17. The number of anilines is 1. The maximum absolute atomic E-state index is 13.8. The van der Waals surface area contributed by atoms with Gasteiger partial charge < -0.3 is 15.0 Å². The van der Waals surface area contributed by atoms with E-state index in [1.807, 2.05) is 10.8 Å². The van der Waals surface area contributed by atoms with Gasteiger partial charge in [0.05, 0.1) is 11.3 Å². The molecule has 1 amide bonds. The molecule has 1 fully saturated rings. The highest BCUT2D eigenvalue weighted by molar-refractivity contribution is 6.03. The first-order valence-electron chi connectivity index (χ1n) is 6.57. The lowest BCUT2D eigenvalue weighted by Gasteiger charge is -2.09. The lowest BCUT2D eigenvalue weighted by atomic mass is 10.2. The minimum Gasteiger partial charge on any atom is -0.478 e. The van der Waals surface area contributed by atoms with Crippen molar-refractivity contribution in [3.63, 3.8) is 0 Å². The first-order valence-corrected chi connectivity index (χ1v) is 6.57. The second kappa shape index (κ2) is 5.05. The number of carboxylic acids is 1. The van der Waals surface area contributed by atoms with Crippen LogP contribution in [0.4, 0.5) is 10.1 Å². The highest BCUT2D eigenvalue weighted by Crippen LogP contribution is 2.36. The Morgan fingerprint density at radius 3 is 2.67 bits per heavy atom. The number of carbonyl (C=O) groups excluding carboxylic acids is 1. The smallest absolute Gasteiger partial charge is 0.335 e. The number of nitrogens with one attached hydrogen (secondary N) is 1. The molecular formula is C15H13FN2O3. The number of nitrogens with zero attached hydrogens (tertiary/aromatic N) is 1. The molecule has 0 saturated heterocycles. The molecule has 1 heterocycles. The summed E-state index contributed by atoms with van der Waals surface area (Å²) in [6.45, 7) is 0. The zero-order chi connectivity index (χ0) is 15.0. The molecule has 1 saturated carbocycles. The van der Waals surface area contributed by atoms with Crippen LogP contribution in [0.15, 0.2) is 36.5 Å². The van der Waals surface area contributed by atoms with Crippen LogP contribution < -0.4 is 5.32 Å². The minimum absolute atomic E-state index is 0.0338. The summed E-state index contributed by atoms with van der Waals surface area (Å²) in [5.74, 6) is -2.39. The molecule has 1 aliphatic carbocycles. The Kier molecular flexibility index (Phi) is 3.21. The number of rotatable bonds is 4. The lowest BCUT2D eigenvalue weighted by molar-refractivity contribution is 0.0696. The monoisotopic (exact) mass is 288 g/mol. The van der Waals surface area contributed by atoms with Crippen LogP contribution in [0.1, 0.15) is 39.7 Å². The van der Waals surface area contributed by atoms with E-state index in [1.54, 1.807) is 12.1 Å². The van der Waals surface area contributed by atoms with Gasteiger partial charge in [-0.25, -0.2) is 9.18 Å². The number of halogens is 1. The van der Waals surface area contributed by atoms with Gasteiger partial charge in [-0.3, -0.25) is 4.79 Å². The fraction of sp³-hybridized carbons (Fsp3) is 0.200. The number of hydrogen-bond acceptors (Lipinski definition) is 2. The summed E-state index contributed by atoms with van der Waals surface area (Å²) in [6.07, 6.45) is 3.91. The summed E-state index contributed by atoms with van der Waals surface area (Å²) in [7, 11) is 0. The van der Waals surface area contributed by atoms with Gasteiger partial charge in [0.15, 0.2) is 0 Å². The van der Waals surface area contributed by atoms with E-state index in [9.17, 15) is 14.0 Å². The molecule has 6 heteroatoms. The molecule has 3 rings (SSSR count). The van der Waals surface area contributed by atoms with Gasteiger partial charge in [0.1, 0.15) is 11.5 Å². The van der Waals surface area contributed by atoms with Crippen LogP contribution in [0, 0.1) is 5.82 Å². The maximum atomic E-state index is 13.8. The Labute approximate surface area is 120 Å².